The zero-order valence-corrected chi connectivity index (χ0v) is 9.65. The van der Waals surface area contributed by atoms with Crippen molar-refractivity contribution >= 4 is 0 Å². The third-order valence-corrected chi connectivity index (χ3v) is 2.61. The lowest BCUT2D eigenvalue weighted by Crippen LogP contribution is -2.51. The number of aryl methyl sites for hydroxylation is 1. The van der Waals surface area contributed by atoms with Crippen LogP contribution in [0.1, 0.15) is 18.4 Å². The van der Waals surface area contributed by atoms with Crippen LogP contribution in [0, 0.1) is 0 Å². The predicted molar refractivity (Wildman–Crippen MR) is 55.3 cm³/mol. The van der Waals surface area contributed by atoms with Gasteiger partial charge in [-0.15, -0.1) is 0 Å². The van der Waals surface area contributed by atoms with Crippen LogP contribution in [0.2, 0.25) is 0 Å². The van der Waals surface area contributed by atoms with E-state index in [0.29, 0.717) is 5.56 Å². The van der Waals surface area contributed by atoms with E-state index < -0.39 is 30.9 Å². The maximum atomic E-state index is 12.9. The summed E-state index contributed by atoms with van der Waals surface area (Å²) in [6, 6.07) is 8.09. The van der Waals surface area contributed by atoms with Crippen LogP contribution >= 0.6 is 0 Å². The molecule has 108 valence electrons. The van der Waals surface area contributed by atoms with Crippen molar-refractivity contribution in [3.8, 4) is 0 Å². The molecule has 0 aliphatic rings. The molecule has 0 nitrogen and oxygen atoms in total. The average molecular weight is 288 g/mol. The van der Waals surface area contributed by atoms with Gasteiger partial charge in [0.05, 0.1) is 0 Å². The molecule has 0 unspecified atom stereocenters. The van der Waals surface area contributed by atoms with E-state index in [1.54, 1.807) is 30.3 Å². The highest BCUT2D eigenvalue weighted by molar-refractivity contribution is 5.14. The zero-order valence-electron chi connectivity index (χ0n) is 9.65. The van der Waals surface area contributed by atoms with Crippen molar-refractivity contribution in [3.05, 3.63) is 35.9 Å². The summed E-state index contributed by atoms with van der Waals surface area (Å²) >= 11 is 0. The standard InChI is InChI=1S/C12H11F7/c13-10(14,11(15,16)12(17,18)19)8-4-7-9-5-2-1-3-6-9/h1-3,5-6H,4,7-8H2. The summed E-state index contributed by atoms with van der Waals surface area (Å²) in [6.45, 7) is 0. The van der Waals surface area contributed by atoms with E-state index in [0.717, 1.165) is 0 Å². The van der Waals surface area contributed by atoms with Gasteiger partial charge >= 0.3 is 18.0 Å². The summed E-state index contributed by atoms with van der Waals surface area (Å²) in [5, 5.41) is 0. The maximum absolute atomic E-state index is 12.9. The van der Waals surface area contributed by atoms with Gasteiger partial charge in [-0.05, 0) is 18.4 Å². The Morgan fingerprint density at radius 1 is 0.789 bits per heavy atom. The normalized spacial score (nSPS) is 13.6. The number of alkyl halides is 7. The van der Waals surface area contributed by atoms with E-state index in [1.807, 2.05) is 0 Å². The second kappa shape index (κ2) is 5.38. The number of hydrogen-bond acceptors (Lipinski definition) is 0. The van der Waals surface area contributed by atoms with E-state index in [1.165, 1.54) is 0 Å². The summed E-state index contributed by atoms with van der Waals surface area (Å²) in [5.74, 6) is -11.1. The molecule has 0 fully saturated rings. The van der Waals surface area contributed by atoms with Crippen molar-refractivity contribution in [2.45, 2.75) is 37.3 Å². The minimum Gasteiger partial charge on any atom is -0.200 e. The van der Waals surface area contributed by atoms with E-state index in [2.05, 4.69) is 0 Å². The largest absolute Gasteiger partial charge is 0.459 e. The molecule has 0 heterocycles. The molecule has 1 aromatic rings. The van der Waals surface area contributed by atoms with E-state index in [4.69, 9.17) is 0 Å². The van der Waals surface area contributed by atoms with Crippen LogP contribution in [-0.2, 0) is 6.42 Å². The first kappa shape index (κ1) is 15.8. The molecule has 0 saturated carbocycles. The van der Waals surface area contributed by atoms with Gasteiger partial charge in [0.25, 0.3) is 0 Å². The molecule has 0 aliphatic heterocycles. The third kappa shape index (κ3) is 3.61. The second-order valence-corrected chi connectivity index (χ2v) is 4.12. The summed E-state index contributed by atoms with van der Waals surface area (Å²) in [4.78, 5) is 0. The van der Waals surface area contributed by atoms with Gasteiger partial charge < -0.3 is 0 Å². The van der Waals surface area contributed by atoms with Crippen LogP contribution in [-0.4, -0.2) is 18.0 Å². The topological polar surface area (TPSA) is 0 Å². The lowest BCUT2D eigenvalue weighted by atomic mass is 10.0. The molecule has 19 heavy (non-hydrogen) atoms. The predicted octanol–water partition coefficient (Wildman–Crippen LogP) is 4.84. The summed E-state index contributed by atoms with van der Waals surface area (Å²) in [5.41, 5.74) is 0.605. The van der Waals surface area contributed by atoms with Crippen LogP contribution in [0.5, 0.6) is 0 Å². The smallest absolute Gasteiger partial charge is 0.200 e. The molecule has 0 bridgehead atoms. The summed E-state index contributed by atoms with van der Waals surface area (Å²) in [7, 11) is 0. The fourth-order valence-electron chi connectivity index (χ4n) is 1.52. The zero-order chi connectivity index (χ0) is 14.7. The molecule has 1 rings (SSSR count). The molecular weight excluding hydrogens is 277 g/mol. The Labute approximate surface area is 105 Å². The van der Waals surface area contributed by atoms with Crippen molar-refractivity contribution in [1.29, 1.82) is 0 Å². The van der Waals surface area contributed by atoms with Crippen molar-refractivity contribution < 1.29 is 30.7 Å². The molecule has 0 amide bonds. The summed E-state index contributed by atoms with van der Waals surface area (Å²) in [6.07, 6.45) is -8.20. The van der Waals surface area contributed by atoms with Gasteiger partial charge in [0, 0.05) is 6.42 Å². The first-order valence-corrected chi connectivity index (χ1v) is 5.44. The Morgan fingerprint density at radius 3 is 1.79 bits per heavy atom. The van der Waals surface area contributed by atoms with Crippen molar-refractivity contribution in [3.63, 3.8) is 0 Å². The minimum atomic E-state index is -6.25. The van der Waals surface area contributed by atoms with Crippen molar-refractivity contribution in [2.75, 3.05) is 0 Å². The molecule has 0 aliphatic carbocycles. The van der Waals surface area contributed by atoms with Gasteiger partial charge in [-0.2, -0.15) is 30.7 Å². The molecule has 1 aromatic carbocycles. The van der Waals surface area contributed by atoms with Gasteiger partial charge in [-0.25, -0.2) is 0 Å². The third-order valence-electron chi connectivity index (χ3n) is 2.61. The van der Waals surface area contributed by atoms with E-state index in [9.17, 15) is 30.7 Å². The molecular formula is C12H11F7. The lowest BCUT2D eigenvalue weighted by Gasteiger charge is -2.28. The van der Waals surface area contributed by atoms with Gasteiger partial charge in [0.2, 0.25) is 0 Å². The fourth-order valence-corrected chi connectivity index (χ4v) is 1.52. The molecule has 0 radical (unpaired) electrons. The molecule has 0 aromatic heterocycles. The molecule has 0 spiro atoms. The second-order valence-electron chi connectivity index (χ2n) is 4.12. The van der Waals surface area contributed by atoms with Gasteiger partial charge in [0.15, 0.2) is 0 Å². The molecule has 7 heteroatoms. The highest BCUT2D eigenvalue weighted by Crippen LogP contribution is 2.48. The minimum absolute atomic E-state index is 0.0182. The molecule has 0 saturated heterocycles. The molecule has 0 N–H and O–H groups in total. The van der Waals surface area contributed by atoms with E-state index >= 15 is 0 Å². The number of rotatable bonds is 5. The Bertz CT molecular complexity index is 394. The number of benzene rings is 1. The monoisotopic (exact) mass is 288 g/mol. The quantitative estimate of drug-likeness (QED) is 0.680. The van der Waals surface area contributed by atoms with Crippen LogP contribution in [0.15, 0.2) is 30.3 Å². The Balaban J connectivity index is 2.61. The van der Waals surface area contributed by atoms with Crippen LogP contribution < -0.4 is 0 Å². The number of hydrogen-bond donors (Lipinski definition) is 0. The fraction of sp³-hybridized carbons (Fsp3) is 0.500. The van der Waals surface area contributed by atoms with Gasteiger partial charge in [0.1, 0.15) is 0 Å². The first-order valence-electron chi connectivity index (χ1n) is 5.44. The highest BCUT2D eigenvalue weighted by Gasteiger charge is 2.72. The van der Waals surface area contributed by atoms with Gasteiger partial charge in [-0.3, -0.25) is 0 Å². The van der Waals surface area contributed by atoms with E-state index in [-0.39, 0.29) is 6.42 Å². The summed E-state index contributed by atoms with van der Waals surface area (Å²) < 4.78 is 86.5. The number of halogens is 7. The Hall–Kier alpha value is -1.27. The first-order chi connectivity index (χ1) is 8.58. The van der Waals surface area contributed by atoms with Crippen LogP contribution in [0.4, 0.5) is 30.7 Å². The van der Waals surface area contributed by atoms with Crippen LogP contribution in [0.25, 0.3) is 0 Å². The van der Waals surface area contributed by atoms with Gasteiger partial charge in [-0.1, -0.05) is 30.3 Å². The molecule has 0 atom stereocenters. The Kier molecular flexibility index (Phi) is 4.47. The maximum Gasteiger partial charge on any atom is 0.459 e. The van der Waals surface area contributed by atoms with Crippen LogP contribution in [0.3, 0.4) is 0 Å². The Morgan fingerprint density at radius 2 is 1.32 bits per heavy atom. The van der Waals surface area contributed by atoms with Crippen molar-refractivity contribution in [1.82, 2.24) is 0 Å². The average Bonchev–Trinajstić information content (AvgIpc) is 2.28. The SMILES string of the molecule is FC(F)(F)C(F)(F)C(F)(F)CCCc1ccccc1. The lowest BCUT2D eigenvalue weighted by molar-refractivity contribution is -0.355. The van der Waals surface area contributed by atoms with Crippen molar-refractivity contribution in [2.24, 2.45) is 0 Å². The highest BCUT2D eigenvalue weighted by atomic mass is 19.4.